The third-order valence-corrected chi connectivity index (χ3v) is 7.65. The summed E-state index contributed by atoms with van der Waals surface area (Å²) in [4.78, 5) is 15.3. The van der Waals surface area contributed by atoms with Crippen LogP contribution in [0.3, 0.4) is 0 Å². The van der Waals surface area contributed by atoms with Gasteiger partial charge >= 0.3 is 0 Å². The van der Waals surface area contributed by atoms with Gasteiger partial charge in [0, 0.05) is 39.0 Å². The lowest BCUT2D eigenvalue weighted by Crippen LogP contribution is -2.37. The molecule has 2 aliphatic carbocycles. The number of ether oxygens (including phenoxy) is 3. The number of nitrogens with zero attached hydrogens (tertiary/aromatic N) is 1. The van der Waals surface area contributed by atoms with Crippen LogP contribution in [0, 0.1) is 5.92 Å². The number of carbonyl (C=O) groups is 1. The molecule has 1 saturated heterocycles. The standard InChI is InChI=1S/C29H37NO4/c1-32-28-15-22(12-13-27(28)34-26-17-23-9-4-5-10-24(23)18-26)19-30(20-25-11-6-14-33-25)29(31)16-21-7-2-3-8-21/h4-5,9-10,12-13,15,21,25-26H,2-3,6-8,11,14,16-20H2,1H3. The van der Waals surface area contributed by atoms with Crippen molar-refractivity contribution < 1.29 is 19.0 Å². The molecule has 1 atom stereocenters. The molecule has 1 saturated carbocycles. The van der Waals surface area contributed by atoms with Gasteiger partial charge in [0.15, 0.2) is 11.5 Å². The maximum atomic E-state index is 13.3. The van der Waals surface area contributed by atoms with Gasteiger partial charge in [-0.25, -0.2) is 0 Å². The summed E-state index contributed by atoms with van der Waals surface area (Å²) in [5.74, 6) is 2.30. The summed E-state index contributed by atoms with van der Waals surface area (Å²) in [5, 5.41) is 0. The molecule has 2 aromatic carbocycles. The highest BCUT2D eigenvalue weighted by Gasteiger charge is 2.27. The van der Waals surface area contributed by atoms with Crippen molar-refractivity contribution in [3.8, 4) is 11.5 Å². The Kier molecular flexibility index (Phi) is 7.39. The van der Waals surface area contributed by atoms with Gasteiger partial charge in [0.1, 0.15) is 6.10 Å². The van der Waals surface area contributed by atoms with Gasteiger partial charge in [0.05, 0.1) is 13.2 Å². The molecular weight excluding hydrogens is 426 g/mol. The molecule has 1 unspecified atom stereocenters. The van der Waals surface area contributed by atoms with E-state index in [-0.39, 0.29) is 18.1 Å². The number of amides is 1. The van der Waals surface area contributed by atoms with E-state index < -0.39 is 0 Å². The van der Waals surface area contributed by atoms with Crippen LogP contribution in [0.2, 0.25) is 0 Å². The molecule has 0 spiro atoms. The van der Waals surface area contributed by atoms with Crippen molar-refractivity contribution in [2.45, 2.75) is 76.5 Å². The van der Waals surface area contributed by atoms with Crippen LogP contribution in [-0.4, -0.2) is 43.3 Å². The maximum absolute atomic E-state index is 13.3. The Morgan fingerprint density at radius 3 is 2.44 bits per heavy atom. The topological polar surface area (TPSA) is 48.0 Å². The molecule has 2 aromatic rings. The van der Waals surface area contributed by atoms with Crippen molar-refractivity contribution in [1.82, 2.24) is 4.90 Å². The maximum Gasteiger partial charge on any atom is 0.223 e. The molecule has 0 N–H and O–H groups in total. The van der Waals surface area contributed by atoms with Gasteiger partial charge in [-0.05, 0) is 60.4 Å². The number of benzene rings is 2. The Hall–Kier alpha value is -2.53. The largest absolute Gasteiger partial charge is 0.493 e. The van der Waals surface area contributed by atoms with E-state index in [4.69, 9.17) is 14.2 Å². The minimum absolute atomic E-state index is 0.126. The first-order valence-corrected chi connectivity index (χ1v) is 13.0. The molecule has 182 valence electrons. The van der Waals surface area contributed by atoms with E-state index in [1.165, 1.54) is 36.8 Å². The second kappa shape index (κ2) is 10.8. The predicted molar refractivity (Wildman–Crippen MR) is 132 cm³/mol. The van der Waals surface area contributed by atoms with E-state index in [1.807, 2.05) is 17.0 Å². The van der Waals surface area contributed by atoms with Gasteiger partial charge in [-0.2, -0.15) is 0 Å². The van der Waals surface area contributed by atoms with Gasteiger partial charge in [-0.3, -0.25) is 4.79 Å². The molecule has 1 heterocycles. The van der Waals surface area contributed by atoms with Crippen LogP contribution >= 0.6 is 0 Å². The molecule has 1 amide bonds. The van der Waals surface area contributed by atoms with E-state index in [1.54, 1.807) is 7.11 Å². The molecule has 0 radical (unpaired) electrons. The lowest BCUT2D eigenvalue weighted by molar-refractivity contribution is -0.134. The zero-order valence-electron chi connectivity index (χ0n) is 20.3. The SMILES string of the molecule is COc1cc(CN(CC2CCCO2)C(=O)CC2CCCC2)ccc1OC1Cc2ccccc2C1. The summed E-state index contributed by atoms with van der Waals surface area (Å²) >= 11 is 0. The van der Waals surface area contributed by atoms with Gasteiger partial charge < -0.3 is 19.1 Å². The van der Waals surface area contributed by atoms with Gasteiger partial charge in [0.2, 0.25) is 5.91 Å². The average Bonchev–Trinajstić information content (AvgIpc) is 3.61. The smallest absolute Gasteiger partial charge is 0.223 e. The van der Waals surface area contributed by atoms with Crippen molar-refractivity contribution in [2.75, 3.05) is 20.3 Å². The number of rotatable bonds is 9. The molecule has 3 aliphatic rings. The van der Waals surface area contributed by atoms with E-state index in [0.29, 0.717) is 25.4 Å². The molecule has 0 bridgehead atoms. The third-order valence-electron chi connectivity index (χ3n) is 7.65. The fourth-order valence-electron chi connectivity index (χ4n) is 5.79. The summed E-state index contributed by atoms with van der Waals surface area (Å²) < 4.78 is 17.9. The van der Waals surface area contributed by atoms with Crippen LogP contribution in [0.5, 0.6) is 11.5 Å². The summed E-state index contributed by atoms with van der Waals surface area (Å²) in [7, 11) is 1.69. The lowest BCUT2D eigenvalue weighted by atomic mass is 10.0. The second-order valence-electron chi connectivity index (χ2n) is 10.2. The highest BCUT2D eigenvalue weighted by molar-refractivity contribution is 5.76. The summed E-state index contributed by atoms with van der Waals surface area (Å²) in [6, 6.07) is 14.7. The van der Waals surface area contributed by atoms with Crippen LogP contribution in [-0.2, 0) is 28.9 Å². The average molecular weight is 464 g/mol. The molecule has 5 rings (SSSR count). The normalized spacial score (nSPS) is 20.4. The minimum atomic E-state index is 0.126. The van der Waals surface area contributed by atoms with Gasteiger partial charge in [0.25, 0.3) is 0 Å². The number of hydrogen-bond donors (Lipinski definition) is 0. The molecule has 5 heteroatoms. The first kappa shape index (κ1) is 23.2. The zero-order valence-corrected chi connectivity index (χ0v) is 20.3. The number of methoxy groups -OCH3 is 1. The van der Waals surface area contributed by atoms with Crippen LogP contribution in [0.25, 0.3) is 0 Å². The van der Waals surface area contributed by atoms with E-state index >= 15 is 0 Å². The van der Waals surface area contributed by atoms with Crippen molar-refractivity contribution in [3.05, 3.63) is 59.2 Å². The quantitative estimate of drug-likeness (QED) is 0.504. The Morgan fingerprint density at radius 2 is 1.76 bits per heavy atom. The fourth-order valence-corrected chi connectivity index (χ4v) is 5.79. The Bertz CT molecular complexity index is 953. The van der Waals surface area contributed by atoms with Gasteiger partial charge in [-0.1, -0.05) is 43.2 Å². The molecule has 0 aromatic heterocycles. The molecule has 5 nitrogen and oxygen atoms in total. The Balaban J connectivity index is 1.26. The highest BCUT2D eigenvalue weighted by atomic mass is 16.5. The number of fused-ring (bicyclic) bond motifs is 1. The Labute approximate surface area is 203 Å². The summed E-state index contributed by atoms with van der Waals surface area (Å²) in [5.41, 5.74) is 3.80. The molecule has 2 fully saturated rings. The van der Waals surface area contributed by atoms with Crippen molar-refractivity contribution in [2.24, 2.45) is 5.92 Å². The van der Waals surface area contributed by atoms with E-state index in [2.05, 4.69) is 30.3 Å². The Morgan fingerprint density at radius 1 is 1.00 bits per heavy atom. The van der Waals surface area contributed by atoms with Crippen LogP contribution < -0.4 is 9.47 Å². The van der Waals surface area contributed by atoms with Crippen molar-refractivity contribution in [1.29, 1.82) is 0 Å². The highest BCUT2D eigenvalue weighted by Crippen LogP contribution is 2.33. The second-order valence-corrected chi connectivity index (χ2v) is 10.2. The fraction of sp³-hybridized carbons (Fsp3) is 0.552. The van der Waals surface area contributed by atoms with E-state index in [9.17, 15) is 4.79 Å². The summed E-state index contributed by atoms with van der Waals surface area (Å²) in [6.45, 7) is 2.06. The van der Waals surface area contributed by atoms with Crippen LogP contribution in [0.4, 0.5) is 0 Å². The molecule has 1 aliphatic heterocycles. The monoisotopic (exact) mass is 463 g/mol. The van der Waals surface area contributed by atoms with Crippen LogP contribution in [0.15, 0.2) is 42.5 Å². The zero-order chi connectivity index (χ0) is 23.3. The third kappa shape index (κ3) is 5.57. The number of hydrogen-bond acceptors (Lipinski definition) is 4. The summed E-state index contributed by atoms with van der Waals surface area (Å²) in [6.07, 6.45) is 9.79. The van der Waals surface area contributed by atoms with Crippen molar-refractivity contribution >= 4 is 5.91 Å². The van der Waals surface area contributed by atoms with E-state index in [0.717, 1.165) is 49.4 Å². The first-order valence-electron chi connectivity index (χ1n) is 13.0. The minimum Gasteiger partial charge on any atom is -0.493 e. The predicted octanol–water partition coefficient (Wildman–Crippen LogP) is 5.33. The van der Waals surface area contributed by atoms with Gasteiger partial charge in [-0.15, -0.1) is 0 Å². The van der Waals surface area contributed by atoms with Crippen LogP contribution in [0.1, 0.15) is 61.6 Å². The lowest BCUT2D eigenvalue weighted by Gasteiger charge is -2.27. The number of carbonyl (C=O) groups excluding carboxylic acids is 1. The molecular formula is C29H37NO4. The molecule has 34 heavy (non-hydrogen) atoms. The van der Waals surface area contributed by atoms with Crippen molar-refractivity contribution in [3.63, 3.8) is 0 Å². The first-order chi connectivity index (χ1) is 16.7.